The van der Waals surface area contributed by atoms with E-state index < -0.39 is 11.8 Å². The molecule has 21 heavy (non-hydrogen) atoms. The molecule has 1 aromatic carbocycles. The molecule has 116 valence electrons. The third kappa shape index (κ3) is 6.74. The first-order valence-corrected chi connectivity index (χ1v) is 6.90. The van der Waals surface area contributed by atoms with Gasteiger partial charge in [-0.1, -0.05) is 12.5 Å². The number of amides is 2. The van der Waals surface area contributed by atoms with E-state index in [1.807, 2.05) is 0 Å². The Morgan fingerprint density at radius 1 is 1.24 bits per heavy atom. The quantitative estimate of drug-likeness (QED) is 0.600. The van der Waals surface area contributed by atoms with Gasteiger partial charge in [-0.3, -0.25) is 4.79 Å². The van der Waals surface area contributed by atoms with Crippen LogP contribution in [0, 0.1) is 12.7 Å². The maximum Gasteiger partial charge on any atom is 0.319 e. The monoisotopic (exact) mass is 296 g/mol. The highest BCUT2D eigenvalue weighted by Gasteiger charge is 2.06. The van der Waals surface area contributed by atoms with E-state index in [-0.39, 0.29) is 11.7 Å². The number of halogens is 1. The lowest BCUT2D eigenvalue weighted by atomic mass is 10.2. The second kappa shape index (κ2) is 8.94. The van der Waals surface area contributed by atoms with Gasteiger partial charge in [-0.05, 0) is 37.5 Å². The highest BCUT2D eigenvalue weighted by atomic mass is 19.1. The Morgan fingerprint density at radius 3 is 2.67 bits per heavy atom. The molecular weight excluding hydrogens is 275 g/mol. The standard InChI is InChI=1S/C15H21FN2O3/c1-11-7-8-13(12(16)10-11)18-15(20)17-9-5-3-4-6-14(19)21-2/h7-8,10H,3-6,9H2,1-2H3,(H2,17,18,20). The molecule has 5 nitrogen and oxygen atoms in total. The van der Waals surface area contributed by atoms with Crippen molar-refractivity contribution in [3.8, 4) is 0 Å². The van der Waals surface area contributed by atoms with Crippen molar-refractivity contribution in [2.45, 2.75) is 32.6 Å². The molecule has 1 aromatic rings. The number of benzene rings is 1. The number of ether oxygens (including phenoxy) is 1. The molecule has 0 atom stereocenters. The molecule has 0 saturated carbocycles. The highest BCUT2D eigenvalue weighted by molar-refractivity contribution is 5.89. The predicted octanol–water partition coefficient (Wildman–Crippen LogP) is 2.99. The number of esters is 1. The van der Waals surface area contributed by atoms with E-state index in [2.05, 4.69) is 15.4 Å². The number of unbranched alkanes of at least 4 members (excludes halogenated alkanes) is 2. The van der Waals surface area contributed by atoms with Gasteiger partial charge in [-0.25, -0.2) is 9.18 Å². The van der Waals surface area contributed by atoms with E-state index in [4.69, 9.17) is 0 Å². The number of methoxy groups -OCH3 is 1. The second-order valence-electron chi connectivity index (χ2n) is 4.75. The summed E-state index contributed by atoms with van der Waals surface area (Å²) in [6.07, 6.45) is 2.68. The zero-order chi connectivity index (χ0) is 15.7. The van der Waals surface area contributed by atoms with Gasteiger partial charge in [0, 0.05) is 13.0 Å². The predicted molar refractivity (Wildman–Crippen MR) is 78.6 cm³/mol. The van der Waals surface area contributed by atoms with Gasteiger partial charge in [0.2, 0.25) is 0 Å². The summed E-state index contributed by atoms with van der Waals surface area (Å²) in [5.41, 5.74) is 0.952. The molecule has 0 radical (unpaired) electrons. The van der Waals surface area contributed by atoms with Crippen LogP contribution in [0.4, 0.5) is 14.9 Å². The van der Waals surface area contributed by atoms with Crippen LogP contribution in [0.1, 0.15) is 31.2 Å². The van der Waals surface area contributed by atoms with Crippen molar-refractivity contribution >= 4 is 17.7 Å². The molecule has 0 bridgehead atoms. The number of rotatable bonds is 7. The number of urea groups is 1. The second-order valence-corrected chi connectivity index (χ2v) is 4.75. The Kier molecular flexibility index (Phi) is 7.21. The third-order valence-electron chi connectivity index (χ3n) is 2.94. The molecule has 2 amide bonds. The summed E-state index contributed by atoms with van der Waals surface area (Å²) in [5.74, 6) is -0.682. The van der Waals surface area contributed by atoms with Crippen LogP contribution in [0.15, 0.2) is 18.2 Å². The first kappa shape index (κ1) is 16.9. The van der Waals surface area contributed by atoms with E-state index in [9.17, 15) is 14.0 Å². The Balaban J connectivity index is 2.18. The van der Waals surface area contributed by atoms with Gasteiger partial charge in [0.15, 0.2) is 0 Å². The van der Waals surface area contributed by atoms with Crippen LogP contribution in [0.2, 0.25) is 0 Å². The van der Waals surface area contributed by atoms with Gasteiger partial charge in [-0.2, -0.15) is 0 Å². The molecule has 0 unspecified atom stereocenters. The summed E-state index contributed by atoms with van der Waals surface area (Å²) < 4.78 is 18.0. The lowest BCUT2D eigenvalue weighted by Gasteiger charge is -2.08. The van der Waals surface area contributed by atoms with Crippen molar-refractivity contribution in [3.05, 3.63) is 29.6 Å². The maximum atomic E-state index is 13.5. The van der Waals surface area contributed by atoms with Crippen LogP contribution in [-0.4, -0.2) is 25.7 Å². The van der Waals surface area contributed by atoms with E-state index >= 15 is 0 Å². The smallest absolute Gasteiger partial charge is 0.319 e. The molecule has 0 aliphatic heterocycles. The number of carbonyl (C=O) groups excluding carboxylic acids is 2. The van der Waals surface area contributed by atoms with Crippen LogP contribution in [0.3, 0.4) is 0 Å². The van der Waals surface area contributed by atoms with Crippen LogP contribution in [0.5, 0.6) is 0 Å². The molecule has 0 aromatic heterocycles. The first-order chi connectivity index (χ1) is 10.0. The van der Waals surface area contributed by atoms with Gasteiger partial charge in [0.25, 0.3) is 0 Å². The molecule has 0 heterocycles. The van der Waals surface area contributed by atoms with Gasteiger partial charge < -0.3 is 15.4 Å². The van der Waals surface area contributed by atoms with Crippen molar-refractivity contribution in [2.75, 3.05) is 19.0 Å². The normalized spacial score (nSPS) is 10.0. The summed E-state index contributed by atoms with van der Waals surface area (Å²) in [6.45, 7) is 2.25. The number of aryl methyl sites for hydroxylation is 1. The summed E-state index contributed by atoms with van der Waals surface area (Å²) in [6, 6.07) is 4.18. The maximum absolute atomic E-state index is 13.5. The molecule has 0 fully saturated rings. The minimum absolute atomic E-state index is 0.156. The number of hydrogen-bond donors (Lipinski definition) is 2. The SMILES string of the molecule is COC(=O)CCCCCNC(=O)Nc1ccc(C)cc1F. The molecule has 0 saturated heterocycles. The average Bonchev–Trinajstić information content (AvgIpc) is 2.45. The fraction of sp³-hybridized carbons (Fsp3) is 0.467. The van der Waals surface area contributed by atoms with Gasteiger partial charge in [0.05, 0.1) is 12.8 Å². The highest BCUT2D eigenvalue weighted by Crippen LogP contribution is 2.14. The lowest BCUT2D eigenvalue weighted by Crippen LogP contribution is -2.29. The average molecular weight is 296 g/mol. The van der Waals surface area contributed by atoms with E-state index in [1.54, 1.807) is 13.0 Å². The lowest BCUT2D eigenvalue weighted by molar-refractivity contribution is -0.140. The largest absolute Gasteiger partial charge is 0.469 e. The summed E-state index contributed by atoms with van der Waals surface area (Å²) in [7, 11) is 1.36. The fourth-order valence-corrected chi connectivity index (χ4v) is 1.76. The van der Waals surface area contributed by atoms with E-state index in [0.29, 0.717) is 13.0 Å². The van der Waals surface area contributed by atoms with Crippen molar-refractivity contribution in [1.29, 1.82) is 0 Å². The molecule has 1 rings (SSSR count). The zero-order valence-corrected chi connectivity index (χ0v) is 12.4. The number of hydrogen-bond acceptors (Lipinski definition) is 3. The van der Waals surface area contributed by atoms with Crippen LogP contribution in [-0.2, 0) is 9.53 Å². The van der Waals surface area contributed by atoms with Gasteiger partial charge >= 0.3 is 12.0 Å². The molecular formula is C15H21FN2O3. The number of nitrogens with one attached hydrogen (secondary N) is 2. The van der Waals surface area contributed by atoms with Gasteiger partial charge in [-0.15, -0.1) is 0 Å². The van der Waals surface area contributed by atoms with Gasteiger partial charge in [0.1, 0.15) is 5.82 Å². The summed E-state index contributed by atoms with van der Waals surface area (Å²) >= 11 is 0. The summed E-state index contributed by atoms with van der Waals surface area (Å²) in [5, 5.41) is 5.10. The molecule has 6 heteroatoms. The zero-order valence-electron chi connectivity index (χ0n) is 12.4. The van der Waals surface area contributed by atoms with Crippen molar-refractivity contribution < 1.29 is 18.7 Å². The Morgan fingerprint density at radius 2 is 2.00 bits per heavy atom. The molecule has 0 aliphatic rings. The Labute approximate surface area is 123 Å². The number of anilines is 1. The third-order valence-corrected chi connectivity index (χ3v) is 2.94. The Hall–Kier alpha value is -2.11. The summed E-state index contributed by atoms with van der Waals surface area (Å²) in [4.78, 5) is 22.4. The van der Waals surface area contributed by atoms with Crippen molar-refractivity contribution in [3.63, 3.8) is 0 Å². The van der Waals surface area contributed by atoms with Crippen LogP contribution in [0.25, 0.3) is 0 Å². The topological polar surface area (TPSA) is 67.4 Å². The van der Waals surface area contributed by atoms with E-state index in [1.165, 1.54) is 19.2 Å². The van der Waals surface area contributed by atoms with Crippen LogP contribution >= 0.6 is 0 Å². The Bertz CT molecular complexity index is 492. The van der Waals surface area contributed by atoms with Crippen molar-refractivity contribution in [1.82, 2.24) is 5.32 Å². The minimum Gasteiger partial charge on any atom is -0.469 e. The molecule has 0 aliphatic carbocycles. The van der Waals surface area contributed by atoms with Crippen molar-refractivity contribution in [2.24, 2.45) is 0 Å². The molecule has 0 spiro atoms. The molecule has 2 N–H and O–H groups in total. The first-order valence-electron chi connectivity index (χ1n) is 6.90. The number of carbonyl (C=O) groups is 2. The van der Waals surface area contributed by atoms with E-state index in [0.717, 1.165) is 24.8 Å². The minimum atomic E-state index is -0.455. The fourth-order valence-electron chi connectivity index (χ4n) is 1.76. The van der Waals surface area contributed by atoms with Crippen LogP contribution < -0.4 is 10.6 Å².